The predicted octanol–water partition coefficient (Wildman–Crippen LogP) is 7.67. The monoisotopic (exact) mass is 679 g/mol. The van der Waals surface area contributed by atoms with Crippen molar-refractivity contribution in [1.82, 2.24) is 15.2 Å². The highest BCUT2D eigenvalue weighted by Crippen LogP contribution is 2.28. The quantitative estimate of drug-likeness (QED) is 0.0998. The van der Waals surface area contributed by atoms with Gasteiger partial charge in [0.15, 0.2) is 6.29 Å². The Kier molecular flexibility index (Phi) is 20.9. The molecule has 2 aromatic rings. The second-order valence-electron chi connectivity index (χ2n) is 12.5. The largest absolute Gasteiger partial charge is 0.386 e. The zero-order chi connectivity index (χ0) is 36.9. The van der Waals surface area contributed by atoms with Crippen LogP contribution in [0.1, 0.15) is 123 Å². The Labute approximate surface area is 297 Å². The number of aromatic nitrogens is 1. The van der Waals surface area contributed by atoms with E-state index in [1.165, 1.54) is 31.2 Å². The van der Waals surface area contributed by atoms with Crippen molar-refractivity contribution in [2.75, 3.05) is 29.9 Å². The summed E-state index contributed by atoms with van der Waals surface area (Å²) in [5, 5.41) is 6.26. The second kappa shape index (κ2) is 23.6. The molecule has 9 heteroatoms. The van der Waals surface area contributed by atoms with Crippen molar-refractivity contribution in [3.05, 3.63) is 65.1 Å². The maximum Gasteiger partial charge on any atom is 0.242 e. The lowest BCUT2D eigenvalue weighted by Gasteiger charge is -2.46. The van der Waals surface area contributed by atoms with E-state index in [-0.39, 0.29) is 17.5 Å². The third-order valence-electron chi connectivity index (χ3n) is 8.76. The molecule has 274 valence electrons. The van der Waals surface area contributed by atoms with Gasteiger partial charge < -0.3 is 21.3 Å². The minimum atomic E-state index is -0.569. The van der Waals surface area contributed by atoms with Gasteiger partial charge in [0, 0.05) is 44.0 Å². The molecule has 2 atom stereocenters. The number of allylic oxidation sites excluding steroid dienone is 1. The fourth-order valence-electron chi connectivity index (χ4n) is 5.87. The highest BCUT2D eigenvalue weighted by molar-refractivity contribution is 6.33. The lowest BCUT2D eigenvalue weighted by Crippen LogP contribution is -2.56. The first kappa shape index (κ1) is 43.3. The number of Topliss-reactive ketones (excluding diaryl/α,β-unsaturated/α-hetero) is 1. The summed E-state index contributed by atoms with van der Waals surface area (Å²) in [4.78, 5) is 43.8. The van der Waals surface area contributed by atoms with Gasteiger partial charge in [-0.3, -0.25) is 19.3 Å². The number of nitrogens with zero attached hydrogens (tertiary/aromatic N) is 3. The topological polar surface area (TPSA) is 121 Å². The first-order valence-corrected chi connectivity index (χ1v) is 18.7. The van der Waals surface area contributed by atoms with Crippen LogP contribution >= 0.6 is 0 Å². The maximum absolute atomic E-state index is 12.0. The molecule has 0 spiro atoms. The number of piperazine rings is 1. The van der Waals surface area contributed by atoms with E-state index in [1.807, 2.05) is 71.9 Å². The number of carbonyl (C=O) groups is 3. The van der Waals surface area contributed by atoms with E-state index in [0.717, 1.165) is 55.8 Å². The van der Waals surface area contributed by atoms with Crippen molar-refractivity contribution in [3.63, 3.8) is 0 Å². The molecule has 4 N–H and O–H groups in total. The molecule has 4 rings (SSSR count). The molecule has 2 heterocycles. The summed E-state index contributed by atoms with van der Waals surface area (Å²) in [5.74, 6) is -0.0329. The van der Waals surface area contributed by atoms with Crippen LogP contribution in [0.5, 0.6) is 0 Å². The Morgan fingerprint density at radius 3 is 2.10 bits per heavy atom. The highest BCUT2D eigenvalue weighted by atomic mass is 16.2. The molecule has 2 aliphatic rings. The van der Waals surface area contributed by atoms with E-state index in [9.17, 15) is 14.4 Å². The van der Waals surface area contributed by atoms with Gasteiger partial charge in [-0.15, -0.1) is 0 Å². The van der Waals surface area contributed by atoms with E-state index in [2.05, 4.69) is 48.1 Å². The fourth-order valence-corrected chi connectivity index (χ4v) is 5.87. The van der Waals surface area contributed by atoms with Crippen LogP contribution in [0.2, 0.25) is 0 Å². The standard InChI is InChI=1S/C26H41N5O2.C10H13NO.2C2H6/c1-5-8-23(9-6-2)31-13-12-30(17-22(31)7-3)26-19(4)14-21(15-28-26)29-24(25(33)18-32)16-27-20-10-11-20;1-7-3-5-9(6-4-7)8(2)10(11)12;2*1-2/h14-16,18,20,22-23,27,29H,5-13,17H2,1-4H3;3-6,8H,1-2H3,(H2,11,12);2*1-2H3/b24-16-;;;. The van der Waals surface area contributed by atoms with Crippen molar-refractivity contribution in [2.24, 2.45) is 5.73 Å². The number of ketones is 1. The minimum Gasteiger partial charge on any atom is -0.386 e. The molecular formula is C40H66N6O3. The molecule has 1 aliphatic carbocycles. The summed E-state index contributed by atoms with van der Waals surface area (Å²) in [7, 11) is 0. The summed E-state index contributed by atoms with van der Waals surface area (Å²) in [6, 6.07) is 11.5. The van der Waals surface area contributed by atoms with Crippen LogP contribution in [0.15, 0.2) is 48.4 Å². The molecule has 49 heavy (non-hydrogen) atoms. The van der Waals surface area contributed by atoms with Gasteiger partial charge >= 0.3 is 0 Å². The van der Waals surface area contributed by atoms with Crippen molar-refractivity contribution in [2.45, 2.75) is 138 Å². The molecule has 1 amide bonds. The normalized spacial score (nSPS) is 16.5. The van der Waals surface area contributed by atoms with Crippen LogP contribution in [0.3, 0.4) is 0 Å². The third-order valence-corrected chi connectivity index (χ3v) is 8.76. The molecule has 0 radical (unpaired) electrons. The zero-order valence-corrected chi connectivity index (χ0v) is 32.1. The first-order valence-electron chi connectivity index (χ1n) is 18.7. The lowest BCUT2D eigenvalue weighted by molar-refractivity contribution is -0.127. The van der Waals surface area contributed by atoms with Gasteiger partial charge in [-0.05, 0) is 70.1 Å². The van der Waals surface area contributed by atoms with Gasteiger partial charge in [-0.1, -0.05) is 91.1 Å². The van der Waals surface area contributed by atoms with Gasteiger partial charge in [0.2, 0.25) is 11.7 Å². The maximum atomic E-state index is 12.0. The average molecular weight is 679 g/mol. The number of benzene rings is 1. The summed E-state index contributed by atoms with van der Waals surface area (Å²) >= 11 is 0. The number of pyridine rings is 1. The van der Waals surface area contributed by atoms with E-state index in [4.69, 9.17) is 10.7 Å². The number of carbonyl (C=O) groups excluding carboxylic acids is 3. The van der Waals surface area contributed by atoms with Crippen LogP contribution in [-0.2, 0) is 14.4 Å². The van der Waals surface area contributed by atoms with Crippen molar-refractivity contribution in [3.8, 4) is 0 Å². The number of primary amides is 1. The van der Waals surface area contributed by atoms with E-state index < -0.39 is 5.78 Å². The molecule has 1 aromatic heterocycles. The van der Waals surface area contributed by atoms with Crippen molar-refractivity contribution >= 4 is 29.5 Å². The summed E-state index contributed by atoms with van der Waals surface area (Å²) in [5.41, 5.74) is 9.37. The van der Waals surface area contributed by atoms with Crippen molar-refractivity contribution in [1.29, 1.82) is 0 Å². The summed E-state index contributed by atoms with van der Waals surface area (Å²) in [6.07, 6.45) is 12.1. The van der Waals surface area contributed by atoms with E-state index in [1.54, 1.807) is 12.4 Å². The third kappa shape index (κ3) is 14.3. The molecule has 9 nitrogen and oxygen atoms in total. The van der Waals surface area contributed by atoms with E-state index >= 15 is 0 Å². The molecule has 1 aromatic carbocycles. The molecular weight excluding hydrogens is 612 g/mol. The summed E-state index contributed by atoms with van der Waals surface area (Å²) in [6.45, 7) is 23.8. The van der Waals surface area contributed by atoms with Crippen molar-refractivity contribution < 1.29 is 14.4 Å². The van der Waals surface area contributed by atoms with E-state index in [0.29, 0.717) is 30.1 Å². The van der Waals surface area contributed by atoms with Crippen LogP contribution in [-0.4, -0.2) is 65.6 Å². The average Bonchev–Trinajstić information content (AvgIpc) is 3.96. The number of hydrogen-bond donors (Lipinski definition) is 3. The van der Waals surface area contributed by atoms with Gasteiger partial charge in [0.1, 0.15) is 11.5 Å². The first-order chi connectivity index (χ1) is 23.6. The van der Waals surface area contributed by atoms with Crippen LogP contribution in [0.25, 0.3) is 0 Å². The molecule has 2 fully saturated rings. The molecule has 1 saturated heterocycles. The number of aryl methyl sites for hydroxylation is 2. The number of amides is 1. The Morgan fingerprint density at radius 1 is 1.00 bits per heavy atom. The minimum absolute atomic E-state index is 0.189. The second-order valence-corrected chi connectivity index (χ2v) is 12.5. The SMILES string of the molecule is CC.CC.CCCC(CCC)N1CCN(c2ncc(N/C(=C\NC3CC3)C(=O)C=O)cc2C)CC1CC.Cc1ccc(C(C)C(N)=O)cc1. The number of nitrogens with two attached hydrogens (primary N) is 1. The van der Waals surface area contributed by atoms with Crippen LogP contribution in [0.4, 0.5) is 11.5 Å². The molecule has 2 unspecified atom stereocenters. The Balaban J connectivity index is 0.000000626. The van der Waals surface area contributed by atoms with Gasteiger partial charge in [-0.25, -0.2) is 4.98 Å². The number of aldehydes is 1. The number of rotatable bonds is 15. The Hall–Kier alpha value is -3.72. The van der Waals surface area contributed by atoms with Gasteiger partial charge in [-0.2, -0.15) is 0 Å². The fraction of sp³-hybridized carbons (Fsp3) is 0.600. The Morgan fingerprint density at radius 2 is 1.61 bits per heavy atom. The number of hydrogen-bond acceptors (Lipinski definition) is 8. The lowest BCUT2D eigenvalue weighted by atomic mass is 9.99. The smallest absolute Gasteiger partial charge is 0.242 e. The molecule has 1 aliphatic heterocycles. The van der Waals surface area contributed by atoms with Gasteiger partial charge in [0.25, 0.3) is 0 Å². The van der Waals surface area contributed by atoms with Crippen LogP contribution in [0, 0.1) is 13.8 Å². The summed E-state index contributed by atoms with van der Waals surface area (Å²) < 4.78 is 0. The molecule has 1 saturated carbocycles. The number of nitrogens with one attached hydrogen (secondary N) is 2. The Bertz CT molecular complexity index is 1290. The number of anilines is 2. The van der Waals surface area contributed by atoms with Gasteiger partial charge in [0.05, 0.1) is 17.8 Å². The predicted molar refractivity (Wildman–Crippen MR) is 206 cm³/mol. The zero-order valence-electron chi connectivity index (χ0n) is 32.1. The van der Waals surface area contributed by atoms with Crippen LogP contribution < -0.4 is 21.3 Å². The molecule has 0 bridgehead atoms. The highest BCUT2D eigenvalue weighted by Gasteiger charge is 2.31.